The lowest BCUT2D eigenvalue weighted by atomic mass is 9.84. The second-order valence-corrected chi connectivity index (χ2v) is 7.53. The summed E-state index contributed by atoms with van der Waals surface area (Å²) < 4.78 is 16.7. The van der Waals surface area contributed by atoms with Crippen LogP contribution in [0, 0.1) is 21.6 Å². The standard InChI is InChI=1S/C22H25N5O6/c1-22(20(31-2)32-3)19(28)18(16-11-15(27(29)30)9-10-17(16)33-22)26-21(25-13-23)24-12-14-7-5-4-6-8-14/h4-11,18-20,28H,12H2,1-3H3,(H2,24,25,26)/t18-,19+,22-/m1/s1. The van der Waals surface area contributed by atoms with E-state index in [0.29, 0.717) is 17.9 Å². The van der Waals surface area contributed by atoms with Gasteiger partial charge in [0.15, 0.2) is 11.9 Å². The van der Waals surface area contributed by atoms with Gasteiger partial charge < -0.3 is 30.0 Å². The Morgan fingerprint density at radius 3 is 2.64 bits per heavy atom. The first-order valence-corrected chi connectivity index (χ1v) is 10.1. The maximum Gasteiger partial charge on any atom is 0.270 e. The highest BCUT2D eigenvalue weighted by atomic mass is 16.7. The van der Waals surface area contributed by atoms with Gasteiger partial charge in [-0.25, -0.2) is 0 Å². The van der Waals surface area contributed by atoms with Gasteiger partial charge >= 0.3 is 0 Å². The van der Waals surface area contributed by atoms with Gasteiger partial charge in [0, 0.05) is 38.5 Å². The van der Waals surface area contributed by atoms with Gasteiger partial charge in [0.05, 0.1) is 11.0 Å². The lowest BCUT2D eigenvalue weighted by Crippen LogP contribution is -2.62. The van der Waals surface area contributed by atoms with Crippen molar-refractivity contribution in [3.8, 4) is 11.9 Å². The van der Waals surface area contributed by atoms with Gasteiger partial charge in [-0.2, -0.15) is 5.26 Å². The molecule has 1 aliphatic rings. The van der Waals surface area contributed by atoms with Gasteiger partial charge in [-0.15, -0.1) is 4.99 Å². The van der Waals surface area contributed by atoms with E-state index in [9.17, 15) is 20.5 Å². The van der Waals surface area contributed by atoms with Crippen molar-refractivity contribution >= 4 is 11.6 Å². The number of nitro groups is 1. The topological polar surface area (TPSA) is 151 Å². The largest absolute Gasteiger partial charge is 0.479 e. The number of aliphatic hydroxyl groups is 1. The van der Waals surface area contributed by atoms with Crippen molar-refractivity contribution in [1.29, 1.82) is 5.26 Å². The second kappa shape index (κ2) is 10.3. The number of guanidine groups is 1. The van der Waals surface area contributed by atoms with Crippen molar-refractivity contribution < 1.29 is 24.2 Å². The summed E-state index contributed by atoms with van der Waals surface area (Å²) in [6.45, 7) is 1.96. The van der Waals surface area contributed by atoms with E-state index in [4.69, 9.17) is 14.2 Å². The van der Waals surface area contributed by atoms with Gasteiger partial charge in [0.2, 0.25) is 12.2 Å². The van der Waals surface area contributed by atoms with Crippen LogP contribution in [0.1, 0.15) is 24.1 Å². The number of benzene rings is 2. The van der Waals surface area contributed by atoms with Gasteiger partial charge in [-0.3, -0.25) is 10.1 Å². The number of nitro benzene ring substituents is 1. The number of nitrogens with zero attached hydrogens (tertiary/aromatic N) is 3. The quantitative estimate of drug-likeness (QED) is 0.142. The van der Waals surface area contributed by atoms with Crippen LogP contribution in [0.5, 0.6) is 5.75 Å². The second-order valence-electron chi connectivity index (χ2n) is 7.53. The molecule has 0 fully saturated rings. The van der Waals surface area contributed by atoms with Crippen molar-refractivity contribution in [1.82, 2.24) is 10.6 Å². The zero-order valence-corrected chi connectivity index (χ0v) is 18.4. The van der Waals surface area contributed by atoms with Gasteiger partial charge in [-0.05, 0) is 18.6 Å². The van der Waals surface area contributed by atoms with Crippen LogP contribution in [0.3, 0.4) is 0 Å². The number of hydrogen-bond donors (Lipinski definition) is 3. The number of nitrogens with one attached hydrogen (secondary N) is 2. The minimum absolute atomic E-state index is 0.0819. The molecule has 0 bridgehead atoms. The lowest BCUT2D eigenvalue weighted by molar-refractivity contribution is -0.385. The molecule has 3 atom stereocenters. The van der Waals surface area contributed by atoms with Crippen LogP contribution in [0.4, 0.5) is 5.69 Å². The van der Waals surface area contributed by atoms with Crippen LogP contribution >= 0.6 is 0 Å². The van der Waals surface area contributed by atoms with E-state index in [1.807, 2.05) is 30.3 Å². The molecule has 11 heteroatoms. The Hall–Kier alpha value is -3.72. The van der Waals surface area contributed by atoms with Crippen LogP contribution in [0.15, 0.2) is 53.5 Å². The highest BCUT2D eigenvalue weighted by molar-refractivity contribution is 5.81. The monoisotopic (exact) mass is 455 g/mol. The number of aliphatic hydroxyl groups excluding tert-OH is 1. The van der Waals surface area contributed by atoms with Crippen LogP contribution in [-0.4, -0.2) is 48.2 Å². The molecule has 3 N–H and O–H groups in total. The third-order valence-corrected chi connectivity index (χ3v) is 5.43. The molecule has 11 nitrogen and oxygen atoms in total. The van der Waals surface area contributed by atoms with Crippen LogP contribution in [-0.2, 0) is 16.0 Å². The fraction of sp³-hybridized carbons (Fsp3) is 0.364. The molecule has 0 saturated heterocycles. The molecule has 0 aliphatic carbocycles. The van der Waals surface area contributed by atoms with E-state index in [0.717, 1.165) is 5.56 Å². The van der Waals surface area contributed by atoms with Crippen LogP contribution in [0.25, 0.3) is 0 Å². The number of ether oxygens (including phenoxy) is 3. The SMILES string of the molecule is COC(OC)[C@]1(C)Oc2ccc([N+](=O)[O-])cc2[C@@H](NC(=NC#N)NCc2ccccc2)[C@@H]1O. The number of non-ortho nitro benzene ring substituents is 1. The molecule has 2 aromatic carbocycles. The Balaban J connectivity index is 1.99. The average Bonchev–Trinajstić information content (AvgIpc) is 2.81. The van der Waals surface area contributed by atoms with Crippen molar-refractivity contribution in [2.24, 2.45) is 4.99 Å². The molecule has 1 aliphatic heterocycles. The number of hydrogen-bond acceptors (Lipinski definition) is 8. The summed E-state index contributed by atoms with van der Waals surface area (Å²) in [6.07, 6.45) is -0.550. The normalized spacial score (nSPS) is 22.1. The summed E-state index contributed by atoms with van der Waals surface area (Å²) in [6, 6.07) is 12.6. The predicted molar refractivity (Wildman–Crippen MR) is 118 cm³/mol. The molecule has 3 rings (SSSR count). The van der Waals surface area contributed by atoms with Gasteiger partial charge in [-0.1, -0.05) is 30.3 Å². The van der Waals surface area contributed by atoms with Crippen molar-refractivity contribution in [2.45, 2.75) is 37.5 Å². The summed E-state index contributed by atoms with van der Waals surface area (Å²) in [7, 11) is 2.82. The molecule has 33 heavy (non-hydrogen) atoms. The first kappa shape index (κ1) is 23.9. The Morgan fingerprint density at radius 1 is 1.33 bits per heavy atom. The summed E-state index contributed by atoms with van der Waals surface area (Å²) >= 11 is 0. The first-order chi connectivity index (χ1) is 15.8. The Kier molecular flexibility index (Phi) is 7.44. The molecule has 0 unspecified atom stereocenters. The van der Waals surface area contributed by atoms with Crippen LogP contribution < -0.4 is 15.4 Å². The molecule has 0 radical (unpaired) electrons. The zero-order chi connectivity index (χ0) is 24.0. The molecular formula is C22H25N5O6. The van der Waals surface area contributed by atoms with Crippen molar-refractivity contribution in [2.75, 3.05) is 14.2 Å². The smallest absolute Gasteiger partial charge is 0.270 e. The molecule has 2 aromatic rings. The summed E-state index contributed by atoms with van der Waals surface area (Å²) in [5.74, 6) is 0.378. The molecular weight excluding hydrogens is 430 g/mol. The maximum absolute atomic E-state index is 11.3. The highest BCUT2D eigenvalue weighted by Gasteiger charge is 2.52. The van der Waals surface area contributed by atoms with Gasteiger partial charge in [0.1, 0.15) is 11.9 Å². The highest BCUT2D eigenvalue weighted by Crippen LogP contribution is 2.43. The minimum Gasteiger partial charge on any atom is -0.479 e. The molecule has 0 saturated carbocycles. The molecule has 174 valence electrons. The van der Waals surface area contributed by atoms with E-state index in [1.54, 1.807) is 13.1 Å². The molecule has 0 spiro atoms. The third-order valence-electron chi connectivity index (χ3n) is 5.43. The summed E-state index contributed by atoms with van der Waals surface area (Å²) in [5, 5.41) is 37.9. The third kappa shape index (κ3) is 5.04. The summed E-state index contributed by atoms with van der Waals surface area (Å²) in [5.41, 5.74) is -0.294. The van der Waals surface area contributed by atoms with Gasteiger partial charge in [0.25, 0.3) is 5.69 Å². The fourth-order valence-corrected chi connectivity index (χ4v) is 3.79. The first-order valence-electron chi connectivity index (χ1n) is 10.1. The zero-order valence-electron chi connectivity index (χ0n) is 18.4. The maximum atomic E-state index is 11.3. The fourth-order valence-electron chi connectivity index (χ4n) is 3.79. The molecule has 1 heterocycles. The van der Waals surface area contributed by atoms with E-state index in [2.05, 4.69) is 15.6 Å². The lowest BCUT2D eigenvalue weighted by Gasteiger charge is -2.46. The summed E-state index contributed by atoms with van der Waals surface area (Å²) in [4.78, 5) is 14.6. The average molecular weight is 455 g/mol. The minimum atomic E-state index is -1.39. The van der Waals surface area contributed by atoms with E-state index in [1.165, 1.54) is 32.4 Å². The molecule has 0 amide bonds. The number of fused-ring (bicyclic) bond motifs is 1. The predicted octanol–water partition coefficient (Wildman–Crippen LogP) is 1.98. The number of aliphatic imine (C=N–C) groups is 1. The molecule has 0 aromatic heterocycles. The van der Waals surface area contributed by atoms with Crippen LogP contribution in [0.2, 0.25) is 0 Å². The Bertz CT molecular complexity index is 1050. The van der Waals surface area contributed by atoms with Crippen molar-refractivity contribution in [3.05, 3.63) is 69.8 Å². The van der Waals surface area contributed by atoms with E-state index < -0.39 is 29.0 Å². The Labute approximate surface area is 190 Å². The Morgan fingerprint density at radius 2 is 2.03 bits per heavy atom. The van der Waals surface area contributed by atoms with E-state index >= 15 is 0 Å². The number of methoxy groups -OCH3 is 2. The van der Waals surface area contributed by atoms with Crippen molar-refractivity contribution in [3.63, 3.8) is 0 Å². The number of rotatable bonds is 7. The van der Waals surface area contributed by atoms with E-state index in [-0.39, 0.29) is 11.6 Å². The number of nitriles is 1.